The van der Waals surface area contributed by atoms with Gasteiger partial charge >= 0.3 is 6.18 Å². The monoisotopic (exact) mass is 554 g/mol. The number of carbonyl (C=O) groups excluding carboxylic acids is 2. The molecule has 0 radical (unpaired) electrons. The Labute approximate surface area is 229 Å². The summed E-state index contributed by atoms with van der Waals surface area (Å²) in [5.41, 5.74) is 0.467. The largest absolute Gasteiger partial charge is 0.416 e. The summed E-state index contributed by atoms with van der Waals surface area (Å²) >= 11 is 0. The van der Waals surface area contributed by atoms with E-state index in [-0.39, 0.29) is 22.5 Å². The predicted molar refractivity (Wildman–Crippen MR) is 145 cm³/mol. The predicted octanol–water partition coefficient (Wildman–Crippen LogP) is 4.97. The van der Waals surface area contributed by atoms with Crippen LogP contribution in [-0.2, 0) is 10.9 Å². The molecule has 5 rings (SSSR count). The van der Waals surface area contributed by atoms with Crippen molar-refractivity contribution in [1.29, 1.82) is 0 Å². The summed E-state index contributed by atoms with van der Waals surface area (Å²) in [6.45, 7) is 4.11. The Morgan fingerprint density at radius 1 is 0.975 bits per heavy atom. The third-order valence-corrected chi connectivity index (χ3v) is 6.76. The molecule has 9 nitrogen and oxygen atoms in total. The van der Waals surface area contributed by atoms with Crippen LogP contribution in [0, 0.1) is 12.8 Å². The van der Waals surface area contributed by atoms with Crippen molar-refractivity contribution in [2.75, 3.05) is 53.7 Å². The Hall–Kier alpha value is -4.19. The Morgan fingerprint density at radius 2 is 1.70 bits per heavy atom. The zero-order valence-corrected chi connectivity index (χ0v) is 21.8. The molecule has 0 bridgehead atoms. The fourth-order valence-electron chi connectivity index (χ4n) is 4.29. The van der Waals surface area contributed by atoms with Crippen LogP contribution in [0.2, 0.25) is 0 Å². The second-order valence-corrected chi connectivity index (χ2v) is 9.89. The van der Waals surface area contributed by atoms with Gasteiger partial charge in [0.1, 0.15) is 5.82 Å². The van der Waals surface area contributed by atoms with E-state index in [0.717, 1.165) is 24.5 Å². The lowest BCUT2D eigenvalue weighted by molar-refractivity contribution is -0.137. The van der Waals surface area contributed by atoms with Crippen LogP contribution in [0.25, 0.3) is 0 Å². The van der Waals surface area contributed by atoms with Gasteiger partial charge in [-0.05, 0) is 62.1 Å². The summed E-state index contributed by atoms with van der Waals surface area (Å²) in [5.74, 6) is 0.204. The quantitative estimate of drug-likeness (QED) is 0.361. The molecule has 210 valence electrons. The van der Waals surface area contributed by atoms with Gasteiger partial charge in [-0.2, -0.15) is 13.2 Å². The van der Waals surface area contributed by atoms with Gasteiger partial charge in [-0.3, -0.25) is 14.6 Å². The molecule has 3 heterocycles. The van der Waals surface area contributed by atoms with E-state index in [1.54, 1.807) is 30.2 Å². The molecule has 1 aliphatic carbocycles. The lowest BCUT2D eigenvalue weighted by Gasteiger charge is -2.29. The van der Waals surface area contributed by atoms with Crippen molar-refractivity contribution >= 4 is 34.7 Å². The lowest BCUT2D eigenvalue weighted by atomic mass is 10.1. The minimum atomic E-state index is -4.63. The highest BCUT2D eigenvalue weighted by Gasteiger charge is 2.32. The van der Waals surface area contributed by atoms with Gasteiger partial charge < -0.3 is 25.6 Å². The maximum Gasteiger partial charge on any atom is 0.416 e. The van der Waals surface area contributed by atoms with Gasteiger partial charge in [-0.25, -0.2) is 4.98 Å². The van der Waals surface area contributed by atoms with E-state index in [4.69, 9.17) is 4.74 Å². The van der Waals surface area contributed by atoms with E-state index in [9.17, 15) is 22.8 Å². The minimum Gasteiger partial charge on any atom is -0.378 e. The molecular weight excluding hydrogens is 525 g/mol. The molecule has 1 saturated carbocycles. The van der Waals surface area contributed by atoms with Crippen molar-refractivity contribution in [3.8, 4) is 0 Å². The maximum absolute atomic E-state index is 13.6. The van der Waals surface area contributed by atoms with Crippen LogP contribution in [0.3, 0.4) is 0 Å². The van der Waals surface area contributed by atoms with E-state index in [1.807, 2.05) is 0 Å². The molecule has 2 aromatic heterocycles. The van der Waals surface area contributed by atoms with Crippen LogP contribution in [0.5, 0.6) is 0 Å². The number of nitrogens with one attached hydrogen (secondary N) is 3. The van der Waals surface area contributed by atoms with E-state index in [1.165, 1.54) is 31.2 Å². The minimum absolute atomic E-state index is 0.163. The Kier molecular flexibility index (Phi) is 7.88. The molecule has 1 aliphatic heterocycles. The number of nitrogens with zero attached hydrogens (tertiary/aromatic N) is 3. The molecule has 0 unspecified atom stereocenters. The van der Waals surface area contributed by atoms with Crippen LogP contribution < -0.4 is 20.9 Å². The van der Waals surface area contributed by atoms with Gasteiger partial charge in [0, 0.05) is 30.9 Å². The fourth-order valence-corrected chi connectivity index (χ4v) is 4.29. The molecule has 2 aliphatic rings. The van der Waals surface area contributed by atoms with Gasteiger partial charge in [0.05, 0.1) is 53.8 Å². The summed E-state index contributed by atoms with van der Waals surface area (Å²) in [7, 11) is 0. The zero-order chi connectivity index (χ0) is 28.3. The number of aryl methyl sites for hydroxylation is 1. The number of halogens is 3. The first-order valence-corrected chi connectivity index (χ1v) is 13.0. The number of hydrogen-bond donors (Lipinski definition) is 3. The van der Waals surface area contributed by atoms with Crippen molar-refractivity contribution < 1.29 is 27.5 Å². The van der Waals surface area contributed by atoms with Crippen LogP contribution >= 0.6 is 0 Å². The number of alkyl halides is 3. The molecule has 3 aromatic rings. The highest BCUT2D eigenvalue weighted by Crippen LogP contribution is 2.34. The number of benzene rings is 1. The van der Waals surface area contributed by atoms with Crippen LogP contribution in [0.1, 0.15) is 44.8 Å². The summed E-state index contributed by atoms with van der Waals surface area (Å²) in [5, 5.41) is 8.59. The van der Waals surface area contributed by atoms with E-state index in [0.29, 0.717) is 43.6 Å². The summed E-state index contributed by atoms with van der Waals surface area (Å²) in [6.07, 6.45) is 0.713. The fraction of sp³-hybridized carbons (Fsp3) is 0.357. The second-order valence-electron chi connectivity index (χ2n) is 9.89. The number of amides is 2. The normalized spacial score (nSPS) is 15.4. The lowest BCUT2D eigenvalue weighted by Crippen LogP contribution is -2.36. The summed E-state index contributed by atoms with van der Waals surface area (Å²) < 4.78 is 46.2. The van der Waals surface area contributed by atoms with Crippen molar-refractivity contribution in [2.45, 2.75) is 25.9 Å². The van der Waals surface area contributed by atoms with Crippen molar-refractivity contribution in [3.05, 3.63) is 71.2 Å². The van der Waals surface area contributed by atoms with Crippen molar-refractivity contribution in [3.63, 3.8) is 0 Å². The molecule has 12 heteroatoms. The number of rotatable bonds is 8. The van der Waals surface area contributed by atoms with E-state index >= 15 is 0 Å². The molecular formula is C28H29F3N6O3. The van der Waals surface area contributed by atoms with Crippen molar-refractivity contribution in [1.82, 2.24) is 9.97 Å². The average molecular weight is 555 g/mol. The molecule has 3 N–H and O–H groups in total. The highest BCUT2D eigenvalue weighted by molar-refractivity contribution is 6.08. The molecule has 2 fully saturated rings. The number of ether oxygens (including phenoxy) is 1. The summed E-state index contributed by atoms with van der Waals surface area (Å²) in [4.78, 5) is 36.3. The molecule has 1 saturated heterocycles. The smallest absolute Gasteiger partial charge is 0.378 e. The van der Waals surface area contributed by atoms with Crippen molar-refractivity contribution in [2.24, 2.45) is 5.92 Å². The molecule has 40 heavy (non-hydrogen) atoms. The second kappa shape index (κ2) is 11.5. The number of carbonyl (C=O) groups is 2. The topological polar surface area (TPSA) is 108 Å². The van der Waals surface area contributed by atoms with Gasteiger partial charge in [0.15, 0.2) is 0 Å². The highest BCUT2D eigenvalue weighted by atomic mass is 19.4. The Morgan fingerprint density at radius 3 is 2.38 bits per heavy atom. The van der Waals surface area contributed by atoms with E-state index < -0.39 is 23.6 Å². The number of aromatic nitrogens is 2. The first kappa shape index (κ1) is 27.4. The third-order valence-electron chi connectivity index (χ3n) is 6.76. The zero-order valence-electron chi connectivity index (χ0n) is 21.8. The Balaban J connectivity index is 1.30. The number of hydrogen-bond acceptors (Lipinski definition) is 7. The summed E-state index contributed by atoms with van der Waals surface area (Å²) in [6, 6.07) is 8.20. The standard InChI is InChI=1S/C28H29F3N6O3/c1-17-24(27(39)35-21-4-5-25(34-15-21)33-14-18-2-3-18)13-22(16-32-17)36-26(38)19-10-20(28(29,30)31)12-23(11-19)37-6-8-40-9-7-37/h4-5,10-13,15-16,18H,2-3,6-9,14H2,1H3,(H,33,34)(H,35,39)(H,36,38). The van der Waals surface area contributed by atoms with Gasteiger partial charge in [-0.15, -0.1) is 0 Å². The van der Waals surface area contributed by atoms with E-state index in [2.05, 4.69) is 25.9 Å². The third kappa shape index (κ3) is 6.87. The first-order valence-electron chi connectivity index (χ1n) is 13.0. The van der Waals surface area contributed by atoms with Gasteiger partial charge in [0.25, 0.3) is 11.8 Å². The van der Waals surface area contributed by atoms with Crippen LogP contribution in [-0.4, -0.2) is 54.6 Å². The molecule has 1 aromatic carbocycles. The van der Waals surface area contributed by atoms with Crippen LogP contribution in [0.15, 0.2) is 48.8 Å². The van der Waals surface area contributed by atoms with Crippen LogP contribution in [0.4, 0.5) is 36.1 Å². The molecule has 0 atom stereocenters. The SMILES string of the molecule is Cc1ncc(NC(=O)c2cc(N3CCOCC3)cc(C(F)(F)F)c2)cc1C(=O)Nc1ccc(NCC2CC2)nc1. The number of anilines is 4. The van der Waals surface area contributed by atoms with Gasteiger partial charge in [-0.1, -0.05) is 0 Å². The first-order chi connectivity index (χ1) is 19.2. The molecule has 2 amide bonds. The number of morpholine rings is 1. The maximum atomic E-state index is 13.6. The number of pyridine rings is 2. The average Bonchev–Trinajstić information content (AvgIpc) is 3.78. The molecule has 0 spiro atoms. The Bertz CT molecular complexity index is 1390. The van der Waals surface area contributed by atoms with Gasteiger partial charge in [0.2, 0.25) is 0 Å².